The van der Waals surface area contributed by atoms with Crippen molar-refractivity contribution in [3.8, 4) is 0 Å². The van der Waals surface area contributed by atoms with Gasteiger partial charge in [-0.3, -0.25) is 9.69 Å². The van der Waals surface area contributed by atoms with Gasteiger partial charge in [0.25, 0.3) is 5.91 Å². The number of hydrogen-bond donors (Lipinski definition) is 0. The van der Waals surface area contributed by atoms with Crippen molar-refractivity contribution in [2.24, 2.45) is 0 Å². The number of amides is 1. The molecular formula is C23H23Cl2N3O. The molecule has 1 aromatic heterocycles. The van der Waals surface area contributed by atoms with E-state index in [1.165, 1.54) is 0 Å². The maximum absolute atomic E-state index is 13.3. The summed E-state index contributed by atoms with van der Waals surface area (Å²) < 4.78 is 0. The van der Waals surface area contributed by atoms with Crippen LogP contribution in [-0.4, -0.2) is 24.0 Å². The highest BCUT2D eigenvalue weighted by atomic mass is 35.5. The van der Waals surface area contributed by atoms with E-state index < -0.39 is 0 Å². The Morgan fingerprint density at radius 3 is 2.28 bits per heavy atom. The van der Waals surface area contributed by atoms with Crippen LogP contribution in [-0.2, 0) is 6.54 Å². The van der Waals surface area contributed by atoms with Gasteiger partial charge in [0, 0.05) is 30.0 Å². The molecular weight excluding hydrogens is 405 g/mol. The molecule has 0 saturated heterocycles. The fourth-order valence-electron chi connectivity index (χ4n) is 3.16. The number of carbonyl (C=O) groups excluding carboxylic acids is 1. The summed E-state index contributed by atoms with van der Waals surface area (Å²) in [4.78, 5) is 21.6. The van der Waals surface area contributed by atoms with Crippen LogP contribution in [0.3, 0.4) is 0 Å². The predicted octanol–water partition coefficient (Wildman–Crippen LogP) is 6.08. The molecule has 0 aliphatic rings. The number of carbonyl (C=O) groups is 1. The van der Waals surface area contributed by atoms with Crippen molar-refractivity contribution in [3.05, 3.63) is 88.0 Å². The highest BCUT2D eigenvalue weighted by Gasteiger charge is 2.21. The number of hydrogen-bond acceptors (Lipinski definition) is 3. The molecule has 2 aromatic carbocycles. The molecule has 150 valence electrons. The summed E-state index contributed by atoms with van der Waals surface area (Å²) in [5.74, 6) is 0.342. The maximum Gasteiger partial charge on any atom is 0.261 e. The Hall–Kier alpha value is -2.56. The lowest BCUT2D eigenvalue weighted by Gasteiger charge is -2.24. The number of halogens is 2. The molecule has 1 heterocycles. The van der Waals surface area contributed by atoms with Gasteiger partial charge in [0.05, 0.1) is 17.1 Å². The Kier molecular flexibility index (Phi) is 7.13. The average molecular weight is 428 g/mol. The Labute approximate surface area is 181 Å². The first-order chi connectivity index (χ1) is 14.0. The van der Waals surface area contributed by atoms with Crippen molar-refractivity contribution in [1.29, 1.82) is 0 Å². The first-order valence-electron chi connectivity index (χ1n) is 9.55. The van der Waals surface area contributed by atoms with E-state index in [4.69, 9.17) is 23.2 Å². The van der Waals surface area contributed by atoms with Gasteiger partial charge in [-0.15, -0.1) is 0 Å². The zero-order chi connectivity index (χ0) is 20.8. The molecule has 0 fully saturated rings. The third-order valence-electron chi connectivity index (χ3n) is 4.74. The third kappa shape index (κ3) is 5.08. The second-order valence-electron chi connectivity index (χ2n) is 6.54. The lowest BCUT2D eigenvalue weighted by atomic mass is 10.1. The summed E-state index contributed by atoms with van der Waals surface area (Å²) in [5.41, 5.74) is 2.56. The van der Waals surface area contributed by atoms with Gasteiger partial charge in [-0.1, -0.05) is 41.4 Å². The average Bonchev–Trinajstić information content (AvgIpc) is 2.74. The summed E-state index contributed by atoms with van der Waals surface area (Å²) in [6.45, 7) is 6.55. The number of benzene rings is 2. The van der Waals surface area contributed by atoms with E-state index in [2.05, 4.69) is 35.9 Å². The quantitative estimate of drug-likeness (QED) is 0.458. The minimum Gasteiger partial charge on any atom is -0.372 e. The zero-order valence-corrected chi connectivity index (χ0v) is 18.0. The fourth-order valence-corrected chi connectivity index (χ4v) is 3.65. The summed E-state index contributed by atoms with van der Waals surface area (Å²) >= 11 is 12.3. The molecule has 0 radical (unpaired) electrons. The molecule has 3 aromatic rings. The van der Waals surface area contributed by atoms with E-state index in [-0.39, 0.29) is 5.91 Å². The molecule has 0 spiro atoms. The Morgan fingerprint density at radius 2 is 1.69 bits per heavy atom. The second-order valence-corrected chi connectivity index (χ2v) is 7.39. The van der Waals surface area contributed by atoms with Crippen LogP contribution in [0.5, 0.6) is 0 Å². The predicted molar refractivity (Wildman–Crippen MR) is 121 cm³/mol. The maximum atomic E-state index is 13.3. The van der Waals surface area contributed by atoms with Gasteiger partial charge < -0.3 is 4.90 Å². The van der Waals surface area contributed by atoms with E-state index in [9.17, 15) is 4.79 Å². The first-order valence-corrected chi connectivity index (χ1v) is 10.3. The smallest absolute Gasteiger partial charge is 0.261 e. The summed E-state index contributed by atoms with van der Waals surface area (Å²) in [6.07, 6.45) is 1.67. The summed E-state index contributed by atoms with van der Waals surface area (Å²) in [7, 11) is 0. The lowest BCUT2D eigenvalue weighted by Crippen LogP contribution is -2.31. The third-order valence-corrected chi connectivity index (χ3v) is 5.29. The van der Waals surface area contributed by atoms with Crippen molar-refractivity contribution < 1.29 is 4.79 Å². The Bertz CT molecular complexity index is 958. The molecule has 0 aliphatic heterocycles. The minimum atomic E-state index is -0.224. The highest BCUT2D eigenvalue weighted by Crippen LogP contribution is 2.26. The molecule has 0 aliphatic carbocycles. The molecule has 0 N–H and O–H groups in total. The molecule has 3 rings (SSSR count). The van der Waals surface area contributed by atoms with Crippen LogP contribution in [0, 0.1) is 0 Å². The molecule has 0 atom stereocenters. The number of aromatic nitrogens is 1. The van der Waals surface area contributed by atoms with Crippen LogP contribution >= 0.6 is 23.2 Å². The number of nitrogens with zero attached hydrogens (tertiary/aromatic N) is 3. The normalized spacial score (nSPS) is 10.6. The van der Waals surface area contributed by atoms with Crippen LogP contribution in [0.2, 0.25) is 10.0 Å². The lowest BCUT2D eigenvalue weighted by molar-refractivity contribution is 0.0984. The fraction of sp³-hybridized carbons (Fsp3) is 0.217. The van der Waals surface area contributed by atoms with E-state index in [0.29, 0.717) is 28.0 Å². The molecule has 0 unspecified atom stereocenters. The van der Waals surface area contributed by atoms with Gasteiger partial charge in [-0.25, -0.2) is 4.98 Å². The van der Waals surface area contributed by atoms with Crippen molar-refractivity contribution in [1.82, 2.24) is 4.98 Å². The van der Waals surface area contributed by atoms with Gasteiger partial charge >= 0.3 is 0 Å². The van der Waals surface area contributed by atoms with Crippen molar-refractivity contribution >= 4 is 40.6 Å². The molecule has 0 saturated carbocycles. The number of rotatable bonds is 7. The largest absolute Gasteiger partial charge is 0.372 e. The molecule has 6 heteroatoms. The molecule has 29 heavy (non-hydrogen) atoms. The van der Waals surface area contributed by atoms with Gasteiger partial charge in [0.2, 0.25) is 0 Å². The molecule has 1 amide bonds. The number of pyridine rings is 1. The molecule has 0 bridgehead atoms. The Morgan fingerprint density at radius 1 is 0.966 bits per heavy atom. The van der Waals surface area contributed by atoms with Crippen LogP contribution in [0.15, 0.2) is 66.9 Å². The van der Waals surface area contributed by atoms with Crippen molar-refractivity contribution in [3.63, 3.8) is 0 Å². The van der Waals surface area contributed by atoms with E-state index in [1.54, 1.807) is 29.3 Å². The first kappa shape index (κ1) is 21.2. The van der Waals surface area contributed by atoms with Gasteiger partial charge in [0.15, 0.2) is 0 Å². The SMILES string of the molecule is CCN(CC)c1ccc(CN(C(=O)c2ccc(Cl)cc2Cl)c2ccccn2)cc1. The topological polar surface area (TPSA) is 36.4 Å². The van der Waals surface area contributed by atoms with Crippen LogP contribution in [0.4, 0.5) is 11.5 Å². The van der Waals surface area contributed by atoms with Crippen LogP contribution in [0.1, 0.15) is 29.8 Å². The minimum absolute atomic E-state index is 0.224. The summed E-state index contributed by atoms with van der Waals surface area (Å²) in [6, 6.07) is 18.6. The van der Waals surface area contributed by atoms with Gasteiger partial charge in [-0.05, 0) is 61.9 Å². The Balaban J connectivity index is 1.92. The van der Waals surface area contributed by atoms with E-state index in [1.807, 2.05) is 30.3 Å². The van der Waals surface area contributed by atoms with Crippen molar-refractivity contribution in [2.75, 3.05) is 22.9 Å². The molecule has 4 nitrogen and oxygen atoms in total. The van der Waals surface area contributed by atoms with E-state index >= 15 is 0 Å². The van der Waals surface area contributed by atoms with Gasteiger partial charge in [-0.2, -0.15) is 0 Å². The second kappa shape index (κ2) is 9.77. The monoisotopic (exact) mass is 427 g/mol. The van der Waals surface area contributed by atoms with Crippen molar-refractivity contribution in [2.45, 2.75) is 20.4 Å². The standard InChI is InChI=1S/C23H23Cl2N3O/c1-3-27(4-2)19-11-8-17(9-12-19)16-28(22-7-5-6-14-26-22)23(29)20-13-10-18(24)15-21(20)25/h5-15H,3-4,16H2,1-2H3. The van der Waals surface area contributed by atoms with Crippen LogP contribution < -0.4 is 9.80 Å². The van der Waals surface area contributed by atoms with Gasteiger partial charge in [0.1, 0.15) is 5.82 Å². The summed E-state index contributed by atoms with van der Waals surface area (Å²) in [5, 5.41) is 0.809. The zero-order valence-electron chi connectivity index (χ0n) is 16.5. The van der Waals surface area contributed by atoms with Crippen LogP contribution in [0.25, 0.3) is 0 Å². The highest BCUT2D eigenvalue weighted by molar-refractivity contribution is 6.37. The van der Waals surface area contributed by atoms with E-state index in [0.717, 1.165) is 24.3 Å². The number of anilines is 2.